The number of rotatable bonds is 0. The van der Waals surface area contributed by atoms with Gasteiger partial charge in [-0.05, 0) is 36.5 Å². The topological polar surface area (TPSA) is 20.2 Å². The minimum Gasteiger partial charge on any atom is -0.385 e. The summed E-state index contributed by atoms with van der Waals surface area (Å²) >= 11 is 0. The molecule has 1 heteroatoms. The predicted molar refractivity (Wildman–Crippen MR) is 54.4 cm³/mol. The van der Waals surface area contributed by atoms with Crippen LogP contribution in [0.5, 0.6) is 0 Å². The summed E-state index contributed by atoms with van der Waals surface area (Å²) < 4.78 is 0. The third-order valence-electron chi connectivity index (χ3n) is 2.87. The molecule has 1 unspecified atom stereocenters. The fourth-order valence-electron chi connectivity index (χ4n) is 1.85. The fourth-order valence-corrected chi connectivity index (χ4v) is 1.85. The molecule has 1 aliphatic rings. The second-order valence-corrected chi connectivity index (χ2v) is 3.91. The van der Waals surface area contributed by atoms with Crippen LogP contribution < -0.4 is 0 Å². The molecule has 0 aromatic heterocycles. The van der Waals surface area contributed by atoms with Crippen LogP contribution in [-0.4, -0.2) is 10.7 Å². The average Bonchev–Trinajstić information content (AvgIpc) is 2.13. The highest BCUT2D eigenvalue weighted by atomic mass is 16.3. The molecule has 0 amide bonds. The van der Waals surface area contributed by atoms with E-state index in [4.69, 9.17) is 0 Å². The van der Waals surface area contributed by atoms with Gasteiger partial charge in [-0.2, -0.15) is 0 Å². The van der Waals surface area contributed by atoms with Gasteiger partial charge in [0.25, 0.3) is 0 Å². The van der Waals surface area contributed by atoms with Crippen molar-refractivity contribution in [2.45, 2.75) is 25.4 Å². The van der Waals surface area contributed by atoms with E-state index in [0.29, 0.717) is 0 Å². The molecular weight excluding hydrogens is 160 g/mol. The van der Waals surface area contributed by atoms with Gasteiger partial charge in [0.05, 0.1) is 5.60 Å². The van der Waals surface area contributed by atoms with Crippen molar-refractivity contribution in [1.82, 2.24) is 0 Å². The average molecular weight is 174 g/mol. The van der Waals surface area contributed by atoms with Gasteiger partial charge in [0.1, 0.15) is 0 Å². The van der Waals surface area contributed by atoms with Gasteiger partial charge in [-0.1, -0.05) is 30.8 Å². The molecule has 0 radical (unpaired) electrons. The lowest BCUT2D eigenvalue weighted by molar-refractivity contribution is 0.110. The highest BCUT2D eigenvalue weighted by Gasteiger charge is 2.30. The minimum absolute atomic E-state index is 0.714. The molecule has 0 fully saturated rings. The van der Waals surface area contributed by atoms with Crippen LogP contribution in [0.1, 0.15) is 24.5 Å². The Morgan fingerprint density at radius 1 is 1.38 bits per heavy atom. The molecule has 1 aliphatic carbocycles. The summed E-state index contributed by atoms with van der Waals surface area (Å²) in [5, 5.41) is 9.99. The standard InChI is InChI=1S/C12H14O/c1-9-11-6-4-3-5-10(11)7-8-12(9,2)13/h3-6,13H,1,7-8H2,2H3. The largest absolute Gasteiger partial charge is 0.385 e. The van der Waals surface area contributed by atoms with Crippen molar-refractivity contribution < 1.29 is 5.11 Å². The predicted octanol–water partition coefficient (Wildman–Crippen LogP) is 2.40. The monoisotopic (exact) mass is 174 g/mol. The zero-order chi connectivity index (χ0) is 9.47. The Balaban J connectivity index is 2.52. The van der Waals surface area contributed by atoms with Crippen LogP contribution in [0, 0.1) is 0 Å². The summed E-state index contributed by atoms with van der Waals surface area (Å²) in [7, 11) is 0. The molecule has 1 aromatic carbocycles. The number of benzene rings is 1. The van der Waals surface area contributed by atoms with Crippen LogP contribution in [0.15, 0.2) is 30.8 Å². The number of aryl methyl sites for hydroxylation is 1. The van der Waals surface area contributed by atoms with Crippen molar-refractivity contribution >= 4 is 5.57 Å². The number of aliphatic hydroxyl groups is 1. The van der Waals surface area contributed by atoms with E-state index >= 15 is 0 Å². The number of hydrogen-bond donors (Lipinski definition) is 1. The molecule has 0 saturated heterocycles. The molecule has 0 bridgehead atoms. The molecular formula is C12H14O. The lowest BCUT2D eigenvalue weighted by Crippen LogP contribution is -2.30. The highest BCUT2D eigenvalue weighted by Crippen LogP contribution is 2.36. The summed E-state index contributed by atoms with van der Waals surface area (Å²) in [4.78, 5) is 0. The quantitative estimate of drug-likeness (QED) is 0.640. The first kappa shape index (κ1) is 8.52. The van der Waals surface area contributed by atoms with Gasteiger partial charge in [0.15, 0.2) is 0 Å². The van der Waals surface area contributed by atoms with Crippen molar-refractivity contribution in [1.29, 1.82) is 0 Å². The Hall–Kier alpha value is -1.08. The molecule has 0 aliphatic heterocycles. The Kier molecular flexibility index (Phi) is 1.77. The maximum absolute atomic E-state index is 9.99. The summed E-state index contributed by atoms with van der Waals surface area (Å²) in [6, 6.07) is 8.17. The van der Waals surface area contributed by atoms with E-state index in [-0.39, 0.29) is 0 Å². The highest BCUT2D eigenvalue weighted by molar-refractivity contribution is 5.73. The minimum atomic E-state index is -0.714. The van der Waals surface area contributed by atoms with E-state index in [1.165, 1.54) is 5.56 Å². The van der Waals surface area contributed by atoms with Crippen LogP contribution in [0.4, 0.5) is 0 Å². The Morgan fingerprint density at radius 2 is 2.08 bits per heavy atom. The Bertz CT molecular complexity index is 350. The van der Waals surface area contributed by atoms with Crippen molar-refractivity contribution in [2.75, 3.05) is 0 Å². The first-order chi connectivity index (χ1) is 6.11. The SMILES string of the molecule is C=C1c2ccccc2CCC1(C)O. The van der Waals surface area contributed by atoms with E-state index in [9.17, 15) is 5.11 Å². The van der Waals surface area contributed by atoms with Gasteiger partial charge in [0, 0.05) is 0 Å². The third kappa shape index (κ3) is 1.29. The molecule has 0 spiro atoms. The molecule has 1 aromatic rings. The smallest absolute Gasteiger partial charge is 0.0871 e. The normalized spacial score (nSPS) is 27.1. The first-order valence-electron chi connectivity index (χ1n) is 4.61. The Morgan fingerprint density at radius 3 is 2.85 bits per heavy atom. The van der Waals surface area contributed by atoms with Gasteiger partial charge in [-0.15, -0.1) is 0 Å². The molecule has 13 heavy (non-hydrogen) atoms. The summed E-state index contributed by atoms with van der Waals surface area (Å²) in [5.41, 5.74) is 2.57. The summed E-state index contributed by atoms with van der Waals surface area (Å²) in [6.07, 6.45) is 1.73. The van der Waals surface area contributed by atoms with Crippen molar-refractivity contribution in [3.8, 4) is 0 Å². The van der Waals surface area contributed by atoms with Gasteiger partial charge in [-0.25, -0.2) is 0 Å². The fraction of sp³-hybridized carbons (Fsp3) is 0.333. The van der Waals surface area contributed by atoms with E-state index in [1.807, 2.05) is 25.1 Å². The Labute approximate surface area is 78.7 Å². The van der Waals surface area contributed by atoms with E-state index in [1.54, 1.807) is 0 Å². The van der Waals surface area contributed by atoms with Gasteiger partial charge in [0.2, 0.25) is 0 Å². The van der Waals surface area contributed by atoms with E-state index in [2.05, 4.69) is 12.6 Å². The van der Waals surface area contributed by atoms with Gasteiger partial charge < -0.3 is 5.11 Å². The molecule has 1 atom stereocenters. The number of fused-ring (bicyclic) bond motifs is 1. The lowest BCUT2D eigenvalue weighted by Gasteiger charge is -2.32. The second-order valence-electron chi connectivity index (χ2n) is 3.91. The number of hydrogen-bond acceptors (Lipinski definition) is 1. The van der Waals surface area contributed by atoms with Crippen molar-refractivity contribution in [3.05, 3.63) is 42.0 Å². The first-order valence-corrected chi connectivity index (χ1v) is 4.61. The van der Waals surface area contributed by atoms with Crippen molar-refractivity contribution in [2.24, 2.45) is 0 Å². The van der Waals surface area contributed by atoms with Crippen molar-refractivity contribution in [3.63, 3.8) is 0 Å². The molecule has 68 valence electrons. The van der Waals surface area contributed by atoms with Crippen LogP contribution in [0.2, 0.25) is 0 Å². The zero-order valence-electron chi connectivity index (χ0n) is 7.88. The van der Waals surface area contributed by atoms with Crippen LogP contribution in [0.25, 0.3) is 5.57 Å². The maximum atomic E-state index is 9.99. The molecule has 0 saturated carbocycles. The molecule has 1 nitrogen and oxygen atoms in total. The molecule has 2 rings (SSSR count). The lowest BCUT2D eigenvalue weighted by atomic mass is 9.78. The van der Waals surface area contributed by atoms with E-state index < -0.39 is 5.60 Å². The van der Waals surface area contributed by atoms with Gasteiger partial charge >= 0.3 is 0 Å². The summed E-state index contributed by atoms with van der Waals surface area (Å²) in [5.74, 6) is 0. The zero-order valence-corrected chi connectivity index (χ0v) is 7.88. The molecule has 1 N–H and O–H groups in total. The summed E-state index contributed by atoms with van der Waals surface area (Å²) in [6.45, 7) is 5.80. The maximum Gasteiger partial charge on any atom is 0.0871 e. The van der Waals surface area contributed by atoms with Crippen LogP contribution in [0.3, 0.4) is 0 Å². The second kappa shape index (κ2) is 2.71. The third-order valence-corrected chi connectivity index (χ3v) is 2.87. The van der Waals surface area contributed by atoms with Crippen LogP contribution >= 0.6 is 0 Å². The van der Waals surface area contributed by atoms with Gasteiger partial charge in [-0.3, -0.25) is 0 Å². The van der Waals surface area contributed by atoms with E-state index in [0.717, 1.165) is 24.0 Å². The molecule has 0 heterocycles. The van der Waals surface area contributed by atoms with Crippen LogP contribution in [-0.2, 0) is 6.42 Å².